The summed E-state index contributed by atoms with van der Waals surface area (Å²) in [6.45, 7) is 0. The van der Waals surface area contributed by atoms with E-state index in [9.17, 15) is 0 Å². The van der Waals surface area contributed by atoms with Crippen LogP contribution in [0.4, 0.5) is 17.1 Å². The van der Waals surface area contributed by atoms with Gasteiger partial charge in [-0.25, -0.2) is 15.0 Å². The van der Waals surface area contributed by atoms with E-state index in [1.807, 2.05) is 91.0 Å². The number of anilines is 3. The highest BCUT2D eigenvalue weighted by Gasteiger charge is 2.25. The van der Waals surface area contributed by atoms with Crippen molar-refractivity contribution in [3.8, 4) is 56.8 Å². The third-order valence-corrected chi connectivity index (χ3v) is 9.34. The maximum atomic E-state index is 6.22. The van der Waals surface area contributed by atoms with Crippen LogP contribution in [0.2, 0.25) is 0 Å². The van der Waals surface area contributed by atoms with E-state index >= 15 is 0 Å². The highest BCUT2D eigenvalue weighted by molar-refractivity contribution is 6.06. The highest BCUT2D eigenvalue weighted by atomic mass is 16.5. The van der Waals surface area contributed by atoms with E-state index in [1.165, 1.54) is 0 Å². The average molecular weight is 657 g/mol. The first-order valence-corrected chi connectivity index (χ1v) is 16.9. The molecule has 0 saturated carbocycles. The van der Waals surface area contributed by atoms with Crippen LogP contribution < -0.4 is 9.64 Å². The van der Waals surface area contributed by atoms with Crippen LogP contribution in [0.1, 0.15) is 0 Å². The highest BCUT2D eigenvalue weighted by Crippen LogP contribution is 2.50. The molecule has 1 aliphatic rings. The number of rotatable bonds is 5. The number of benzene rings is 7. The van der Waals surface area contributed by atoms with Gasteiger partial charge in [0, 0.05) is 33.2 Å². The van der Waals surface area contributed by atoms with Crippen LogP contribution in [0, 0.1) is 0 Å². The second-order valence-corrected chi connectivity index (χ2v) is 12.5. The standard InChI is InChI=1S/C45H28N4O2/c1-2-10-30(11-3-1)43-46-44(31-20-18-29(19-21-31)33-24-27-40-36(28-33)35-12-4-7-15-39(35)50-40)48-45(47-43)32-22-25-34(26-23-32)49-37-13-5-8-16-41(37)51-42-17-9-6-14-38(42)49/h1-28H. The Kier molecular flexibility index (Phi) is 6.70. The van der Waals surface area contributed by atoms with Gasteiger partial charge in [0.15, 0.2) is 29.0 Å². The summed E-state index contributed by atoms with van der Waals surface area (Å²) in [7, 11) is 0. The van der Waals surface area contributed by atoms with Gasteiger partial charge in [0.2, 0.25) is 0 Å². The molecule has 51 heavy (non-hydrogen) atoms. The molecule has 6 heteroatoms. The molecule has 1 aliphatic heterocycles. The van der Waals surface area contributed by atoms with Gasteiger partial charge in [-0.15, -0.1) is 0 Å². The Labute approximate surface area is 293 Å². The Bertz CT molecular complexity index is 2680. The number of para-hydroxylation sites is 5. The summed E-state index contributed by atoms with van der Waals surface area (Å²) in [5, 5.41) is 2.22. The molecule has 9 aromatic rings. The number of furan rings is 1. The third-order valence-electron chi connectivity index (χ3n) is 9.34. The quantitative estimate of drug-likeness (QED) is 0.184. The first-order valence-electron chi connectivity index (χ1n) is 16.9. The summed E-state index contributed by atoms with van der Waals surface area (Å²) in [5.41, 5.74) is 9.71. The molecule has 0 aliphatic carbocycles. The molecular weight excluding hydrogens is 629 g/mol. The fourth-order valence-corrected chi connectivity index (χ4v) is 6.81. The van der Waals surface area contributed by atoms with Gasteiger partial charge in [-0.1, -0.05) is 103 Å². The Morgan fingerprint density at radius 2 is 0.863 bits per heavy atom. The molecule has 240 valence electrons. The molecule has 0 unspecified atom stereocenters. The smallest absolute Gasteiger partial charge is 0.164 e. The zero-order valence-electron chi connectivity index (χ0n) is 27.3. The van der Waals surface area contributed by atoms with E-state index in [-0.39, 0.29) is 0 Å². The van der Waals surface area contributed by atoms with E-state index in [0.717, 1.165) is 78.3 Å². The Balaban J connectivity index is 1.02. The normalized spacial score (nSPS) is 12.0. The van der Waals surface area contributed by atoms with Gasteiger partial charge in [0.05, 0.1) is 11.4 Å². The van der Waals surface area contributed by atoms with Gasteiger partial charge in [-0.2, -0.15) is 0 Å². The minimum Gasteiger partial charge on any atom is -0.456 e. The third kappa shape index (κ3) is 5.09. The van der Waals surface area contributed by atoms with Crippen molar-refractivity contribution in [2.75, 3.05) is 4.90 Å². The van der Waals surface area contributed by atoms with E-state index in [4.69, 9.17) is 24.1 Å². The maximum Gasteiger partial charge on any atom is 0.164 e. The molecule has 0 atom stereocenters. The van der Waals surface area contributed by atoms with Crippen molar-refractivity contribution in [3.63, 3.8) is 0 Å². The monoisotopic (exact) mass is 656 g/mol. The lowest BCUT2D eigenvalue weighted by Crippen LogP contribution is -2.15. The van der Waals surface area contributed by atoms with E-state index < -0.39 is 0 Å². The molecule has 0 N–H and O–H groups in total. The van der Waals surface area contributed by atoms with Gasteiger partial charge in [-0.05, 0) is 77.9 Å². The number of hydrogen-bond donors (Lipinski definition) is 0. The molecule has 0 amide bonds. The molecule has 2 aromatic heterocycles. The minimum atomic E-state index is 0.606. The summed E-state index contributed by atoms with van der Waals surface area (Å²) in [6.07, 6.45) is 0. The van der Waals surface area contributed by atoms with Gasteiger partial charge >= 0.3 is 0 Å². The van der Waals surface area contributed by atoms with E-state index in [2.05, 4.69) is 83.8 Å². The van der Waals surface area contributed by atoms with Crippen molar-refractivity contribution in [3.05, 3.63) is 170 Å². The average Bonchev–Trinajstić information content (AvgIpc) is 3.58. The second-order valence-electron chi connectivity index (χ2n) is 12.5. The van der Waals surface area contributed by atoms with Crippen LogP contribution in [0.3, 0.4) is 0 Å². The zero-order valence-corrected chi connectivity index (χ0v) is 27.3. The van der Waals surface area contributed by atoms with Crippen molar-refractivity contribution in [2.24, 2.45) is 0 Å². The van der Waals surface area contributed by atoms with Crippen LogP contribution in [-0.2, 0) is 0 Å². The Morgan fingerprint density at radius 1 is 0.373 bits per heavy atom. The molecule has 0 saturated heterocycles. The number of nitrogens with zero attached hydrogens (tertiary/aromatic N) is 4. The molecule has 3 heterocycles. The number of hydrogen-bond acceptors (Lipinski definition) is 6. The summed E-state index contributed by atoms with van der Waals surface area (Å²) in [6, 6.07) is 57.5. The van der Waals surface area contributed by atoms with Crippen molar-refractivity contribution in [2.45, 2.75) is 0 Å². The lowest BCUT2D eigenvalue weighted by atomic mass is 10.0. The van der Waals surface area contributed by atoms with Crippen molar-refractivity contribution in [1.82, 2.24) is 15.0 Å². The van der Waals surface area contributed by atoms with Crippen molar-refractivity contribution < 1.29 is 9.15 Å². The van der Waals surface area contributed by atoms with Crippen LogP contribution in [0.15, 0.2) is 174 Å². The van der Waals surface area contributed by atoms with Gasteiger partial charge < -0.3 is 14.1 Å². The van der Waals surface area contributed by atoms with Gasteiger partial charge in [0.1, 0.15) is 11.2 Å². The largest absolute Gasteiger partial charge is 0.456 e. The predicted octanol–water partition coefficient (Wildman–Crippen LogP) is 12.0. The fraction of sp³-hybridized carbons (Fsp3) is 0. The molecule has 0 spiro atoms. The van der Waals surface area contributed by atoms with Crippen molar-refractivity contribution >= 4 is 39.0 Å². The predicted molar refractivity (Wildman–Crippen MR) is 204 cm³/mol. The second kappa shape index (κ2) is 11.8. The molecule has 0 fully saturated rings. The topological polar surface area (TPSA) is 64.3 Å². The number of ether oxygens (including phenoxy) is 1. The summed E-state index contributed by atoms with van der Waals surface area (Å²) in [4.78, 5) is 17.2. The lowest BCUT2D eigenvalue weighted by Gasteiger charge is -2.32. The maximum absolute atomic E-state index is 6.22. The number of fused-ring (bicyclic) bond motifs is 5. The lowest BCUT2D eigenvalue weighted by molar-refractivity contribution is 0.477. The summed E-state index contributed by atoms with van der Waals surface area (Å²) in [5.74, 6) is 3.47. The van der Waals surface area contributed by atoms with E-state index in [0.29, 0.717) is 17.5 Å². The first-order chi connectivity index (χ1) is 25.2. The zero-order chi connectivity index (χ0) is 33.7. The fourth-order valence-electron chi connectivity index (χ4n) is 6.81. The van der Waals surface area contributed by atoms with Gasteiger partial charge in [-0.3, -0.25) is 0 Å². The Morgan fingerprint density at radius 3 is 1.53 bits per heavy atom. The summed E-state index contributed by atoms with van der Waals surface area (Å²) >= 11 is 0. The Hall–Kier alpha value is -7.05. The van der Waals surface area contributed by atoms with Crippen LogP contribution in [0.5, 0.6) is 11.5 Å². The van der Waals surface area contributed by atoms with Crippen LogP contribution in [0.25, 0.3) is 67.2 Å². The molecule has 10 rings (SSSR count). The number of aromatic nitrogens is 3. The first kappa shape index (κ1) is 28.9. The van der Waals surface area contributed by atoms with Crippen LogP contribution in [-0.4, -0.2) is 15.0 Å². The SMILES string of the molecule is c1ccc(-c2nc(-c3ccc(-c4ccc5oc6ccccc6c5c4)cc3)nc(-c3ccc(N4c5ccccc5Oc5ccccc54)cc3)n2)cc1. The molecule has 6 nitrogen and oxygen atoms in total. The molecule has 0 radical (unpaired) electrons. The molecular formula is C45H28N4O2. The summed E-state index contributed by atoms with van der Waals surface area (Å²) < 4.78 is 12.3. The van der Waals surface area contributed by atoms with Crippen molar-refractivity contribution in [1.29, 1.82) is 0 Å². The van der Waals surface area contributed by atoms with Crippen LogP contribution >= 0.6 is 0 Å². The molecule has 0 bridgehead atoms. The molecule has 7 aromatic carbocycles. The van der Waals surface area contributed by atoms with Gasteiger partial charge in [0.25, 0.3) is 0 Å². The minimum absolute atomic E-state index is 0.606. The van der Waals surface area contributed by atoms with E-state index in [1.54, 1.807) is 0 Å².